The smallest absolute Gasteiger partial charge is 0.268 e. The number of ether oxygens (including phenoxy) is 1. The zero-order chi connectivity index (χ0) is 18.4. The van der Waals surface area contributed by atoms with Gasteiger partial charge in [0, 0.05) is 12.2 Å². The highest BCUT2D eigenvalue weighted by atomic mass is 16.5. The minimum absolute atomic E-state index is 0.0288. The summed E-state index contributed by atoms with van der Waals surface area (Å²) in [4.78, 5) is 27.0. The minimum Gasteiger partial charge on any atom is -0.484 e. The summed E-state index contributed by atoms with van der Waals surface area (Å²) in [6, 6.07) is 9.12. The second kappa shape index (κ2) is 8.37. The third-order valence-electron chi connectivity index (χ3n) is 3.83. The molecule has 1 heterocycles. The van der Waals surface area contributed by atoms with Crippen molar-refractivity contribution in [2.75, 3.05) is 13.2 Å². The van der Waals surface area contributed by atoms with Crippen LogP contribution in [-0.4, -0.2) is 29.9 Å². The summed E-state index contributed by atoms with van der Waals surface area (Å²) in [6.45, 7) is 8.13. The SMILES string of the molecule is CCNC(=O)COc1cccc(C(C)NC(=O)c2[nH]c(C)cc2C)c1. The maximum atomic E-state index is 12.4. The Balaban J connectivity index is 2.00. The molecule has 1 aromatic heterocycles. The van der Waals surface area contributed by atoms with Gasteiger partial charge >= 0.3 is 0 Å². The van der Waals surface area contributed by atoms with E-state index in [0.717, 1.165) is 16.8 Å². The van der Waals surface area contributed by atoms with Gasteiger partial charge in [0.2, 0.25) is 0 Å². The van der Waals surface area contributed by atoms with E-state index in [0.29, 0.717) is 18.0 Å². The average Bonchev–Trinajstić information content (AvgIpc) is 2.92. The number of benzene rings is 1. The van der Waals surface area contributed by atoms with Crippen molar-refractivity contribution in [3.63, 3.8) is 0 Å². The van der Waals surface area contributed by atoms with Crippen molar-refractivity contribution in [1.82, 2.24) is 15.6 Å². The van der Waals surface area contributed by atoms with Crippen LogP contribution < -0.4 is 15.4 Å². The molecule has 0 radical (unpaired) electrons. The lowest BCUT2D eigenvalue weighted by Crippen LogP contribution is -2.28. The Labute approximate surface area is 148 Å². The zero-order valence-electron chi connectivity index (χ0n) is 15.1. The second-order valence-electron chi connectivity index (χ2n) is 6.02. The van der Waals surface area contributed by atoms with Crippen molar-refractivity contribution < 1.29 is 14.3 Å². The molecular formula is C19H25N3O3. The van der Waals surface area contributed by atoms with E-state index in [9.17, 15) is 9.59 Å². The molecular weight excluding hydrogens is 318 g/mol. The number of likely N-dealkylation sites (N-methyl/N-ethyl adjacent to an activating group) is 1. The molecule has 6 heteroatoms. The number of hydrogen-bond acceptors (Lipinski definition) is 3. The third kappa shape index (κ3) is 5.11. The standard InChI is InChI=1S/C19H25N3O3/c1-5-20-17(23)11-25-16-8-6-7-15(10-16)14(4)22-19(24)18-12(2)9-13(3)21-18/h6-10,14,21H,5,11H2,1-4H3,(H,20,23)(H,22,24). The molecule has 2 amide bonds. The predicted molar refractivity (Wildman–Crippen MR) is 96.8 cm³/mol. The first-order valence-electron chi connectivity index (χ1n) is 8.37. The van der Waals surface area contributed by atoms with Crippen LogP contribution >= 0.6 is 0 Å². The molecule has 0 saturated heterocycles. The highest BCUT2D eigenvalue weighted by Crippen LogP contribution is 2.20. The average molecular weight is 343 g/mol. The van der Waals surface area contributed by atoms with Gasteiger partial charge in [-0.2, -0.15) is 0 Å². The molecule has 0 aliphatic rings. The van der Waals surface area contributed by atoms with Crippen molar-refractivity contribution in [3.05, 3.63) is 52.8 Å². The fourth-order valence-corrected chi connectivity index (χ4v) is 2.59. The van der Waals surface area contributed by atoms with E-state index >= 15 is 0 Å². The van der Waals surface area contributed by atoms with Crippen LogP contribution in [0.25, 0.3) is 0 Å². The van der Waals surface area contributed by atoms with E-state index in [1.807, 2.05) is 52.0 Å². The van der Waals surface area contributed by atoms with Gasteiger partial charge in [-0.1, -0.05) is 12.1 Å². The summed E-state index contributed by atoms with van der Waals surface area (Å²) < 4.78 is 5.49. The number of rotatable bonds is 7. The number of aromatic nitrogens is 1. The normalized spacial score (nSPS) is 11.7. The number of nitrogens with one attached hydrogen (secondary N) is 3. The Morgan fingerprint density at radius 1 is 1.24 bits per heavy atom. The molecule has 0 spiro atoms. The Morgan fingerprint density at radius 2 is 2.00 bits per heavy atom. The van der Waals surface area contributed by atoms with Crippen LogP contribution in [0.5, 0.6) is 5.75 Å². The van der Waals surface area contributed by atoms with E-state index < -0.39 is 0 Å². The maximum absolute atomic E-state index is 12.4. The van der Waals surface area contributed by atoms with Gasteiger partial charge in [0.15, 0.2) is 6.61 Å². The summed E-state index contributed by atoms with van der Waals surface area (Å²) in [5.74, 6) is 0.287. The van der Waals surface area contributed by atoms with E-state index in [1.54, 1.807) is 6.07 Å². The number of amides is 2. The van der Waals surface area contributed by atoms with Crippen molar-refractivity contribution in [2.24, 2.45) is 0 Å². The molecule has 2 rings (SSSR count). The van der Waals surface area contributed by atoms with Crippen LogP contribution in [0.3, 0.4) is 0 Å². The van der Waals surface area contributed by atoms with Gasteiger partial charge in [0.1, 0.15) is 11.4 Å². The highest BCUT2D eigenvalue weighted by Gasteiger charge is 2.15. The fourth-order valence-electron chi connectivity index (χ4n) is 2.59. The lowest BCUT2D eigenvalue weighted by molar-refractivity contribution is -0.122. The van der Waals surface area contributed by atoms with E-state index in [-0.39, 0.29) is 24.5 Å². The Bertz CT molecular complexity index is 752. The van der Waals surface area contributed by atoms with E-state index in [1.165, 1.54) is 0 Å². The number of carbonyl (C=O) groups is 2. The van der Waals surface area contributed by atoms with Crippen LogP contribution in [0.1, 0.15) is 47.2 Å². The summed E-state index contributed by atoms with van der Waals surface area (Å²) in [6.07, 6.45) is 0. The lowest BCUT2D eigenvalue weighted by atomic mass is 10.1. The van der Waals surface area contributed by atoms with Gasteiger partial charge in [-0.05, 0) is 57.0 Å². The minimum atomic E-state index is -0.191. The number of hydrogen-bond donors (Lipinski definition) is 3. The van der Waals surface area contributed by atoms with Gasteiger partial charge in [-0.25, -0.2) is 0 Å². The molecule has 25 heavy (non-hydrogen) atoms. The molecule has 1 unspecified atom stereocenters. The first kappa shape index (κ1) is 18.6. The molecule has 6 nitrogen and oxygen atoms in total. The van der Waals surface area contributed by atoms with Crippen LogP contribution in [0.15, 0.2) is 30.3 Å². The largest absolute Gasteiger partial charge is 0.484 e. The summed E-state index contributed by atoms with van der Waals surface area (Å²) >= 11 is 0. The van der Waals surface area contributed by atoms with E-state index in [4.69, 9.17) is 4.74 Å². The molecule has 1 aromatic carbocycles. The van der Waals surface area contributed by atoms with E-state index in [2.05, 4.69) is 15.6 Å². The highest BCUT2D eigenvalue weighted by molar-refractivity contribution is 5.94. The van der Waals surface area contributed by atoms with Crippen LogP contribution in [0.2, 0.25) is 0 Å². The van der Waals surface area contributed by atoms with Crippen LogP contribution in [0.4, 0.5) is 0 Å². The maximum Gasteiger partial charge on any atom is 0.268 e. The number of aryl methyl sites for hydroxylation is 2. The second-order valence-corrected chi connectivity index (χ2v) is 6.02. The van der Waals surface area contributed by atoms with Crippen molar-refractivity contribution in [2.45, 2.75) is 33.7 Å². The topological polar surface area (TPSA) is 83.2 Å². The molecule has 0 saturated carbocycles. The number of aromatic amines is 1. The van der Waals surface area contributed by atoms with Gasteiger partial charge in [0.05, 0.1) is 6.04 Å². The first-order chi connectivity index (χ1) is 11.9. The predicted octanol–water partition coefficient (Wildman–Crippen LogP) is 2.64. The van der Waals surface area contributed by atoms with Crippen LogP contribution in [0, 0.1) is 13.8 Å². The summed E-state index contributed by atoms with van der Waals surface area (Å²) in [7, 11) is 0. The first-order valence-corrected chi connectivity index (χ1v) is 8.37. The van der Waals surface area contributed by atoms with Gasteiger partial charge < -0.3 is 20.4 Å². The molecule has 3 N–H and O–H groups in total. The number of H-pyrrole nitrogens is 1. The quantitative estimate of drug-likeness (QED) is 0.723. The molecule has 1 atom stereocenters. The number of carbonyl (C=O) groups excluding carboxylic acids is 2. The van der Waals surface area contributed by atoms with Gasteiger partial charge in [0.25, 0.3) is 11.8 Å². The van der Waals surface area contributed by atoms with Crippen LogP contribution in [-0.2, 0) is 4.79 Å². The monoisotopic (exact) mass is 343 g/mol. The van der Waals surface area contributed by atoms with Gasteiger partial charge in [-0.15, -0.1) is 0 Å². The Kier molecular flexibility index (Phi) is 6.22. The summed E-state index contributed by atoms with van der Waals surface area (Å²) in [5, 5.41) is 5.65. The summed E-state index contributed by atoms with van der Waals surface area (Å²) in [5.41, 5.74) is 3.35. The molecule has 0 aliphatic heterocycles. The molecule has 134 valence electrons. The molecule has 2 aromatic rings. The van der Waals surface area contributed by atoms with Crippen molar-refractivity contribution in [1.29, 1.82) is 0 Å². The van der Waals surface area contributed by atoms with Gasteiger partial charge in [-0.3, -0.25) is 9.59 Å². The fraction of sp³-hybridized carbons (Fsp3) is 0.368. The Hall–Kier alpha value is -2.76. The Morgan fingerprint density at radius 3 is 2.64 bits per heavy atom. The van der Waals surface area contributed by atoms with Crippen molar-refractivity contribution >= 4 is 11.8 Å². The molecule has 0 bridgehead atoms. The molecule has 0 aliphatic carbocycles. The van der Waals surface area contributed by atoms with Crippen molar-refractivity contribution in [3.8, 4) is 5.75 Å². The lowest BCUT2D eigenvalue weighted by Gasteiger charge is -2.15. The third-order valence-corrected chi connectivity index (χ3v) is 3.83. The molecule has 0 fully saturated rings. The zero-order valence-corrected chi connectivity index (χ0v) is 15.1.